The zero-order chi connectivity index (χ0) is 29.4. The van der Waals surface area contributed by atoms with Crippen LogP contribution in [0.3, 0.4) is 0 Å². The van der Waals surface area contributed by atoms with Gasteiger partial charge in [-0.1, -0.05) is 75.3 Å². The van der Waals surface area contributed by atoms with E-state index in [2.05, 4.69) is 15.0 Å². The molecular formula is C32H43N3O6S. The number of ether oxygens (including phenoxy) is 1. The average molecular weight is 598 g/mol. The van der Waals surface area contributed by atoms with Gasteiger partial charge in [-0.25, -0.2) is 18.1 Å². The molecule has 3 aliphatic rings. The molecule has 1 aliphatic carbocycles. The van der Waals surface area contributed by atoms with E-state index in [9.17, 15) is 18.0 Å². The van der Waals surface area contributed by atoms with Gasteiger partial charge in [-0.3, -0.25) is 9.59 Å². The summed E-state index contributed by atoms with van der Waals surface area (Å²) in [6, 6.07) is 7.85. The molecule has 228 valence electrons. The normalized spacial score (nSPS) is 24.3. The van der Waals surface area contributed by atoms with Crippen LogP contribution in [0.5, 0.6) is 0 Å². The molecule has 10 heteroatoms. The highest BCUT2D eigenvalue weighted by Gasteiger charge is 2.51. The second kappa shape index (κ2) is 14.5. The van der Waals surface area contributed by atoms with Gasteiger partial charge in [-0.2, -0.15) is 0 Å². The summed E-state index contributed by atoms with van der Waals surface area (Å²) in [4.78, 5) is 29.5. The van der Waals surface area contributed by atoms with Crippen LogP contribution in [-0.2, 0) is 19.6 Å². The van der Waals surface area contributed by atoms with Gasteiger partial charge in [0.2, 0.25) is 11.8 Å². The highest BCUT2D eigenvalue weighted by atomic mass is 32.2. The van der Waals surface area contributed by atoms with Gasteiger partial charge in [-0.05, 0) is 50.2 Å². The number of unbranched alkanes of at least 4 members (excludes halogenated alkanes) is 1. The molecule has 1 aromatic heterocycles. The fraction of sp³-hybridized carbons (Fsp3) is 0.594. The highest BCUT2D eigenvalue weighted by Crippen LogP contribution is 2.50. The van der Waals surface area contributed by atoms with Crippen molar-refractivity contribution in [1.82, 2.24) is 15.0 Å². The van der Waals surface area contributed by atoms with Gasteiger partial charge in [-0.15, -0.1) is 0 Å². The molecule has 0 unspecified atom stereocenters. The van der Waals surface area contributed by atoms with Crippen LogP contribution in [0.15, 0.2) is 58.1 Å². The maximum atomic E-state index is 12.7. The smallest absolute Gasteiger partial charge is 0.273 e. The van der Waals surface area contributed by atoms with Crippen LogP contribution >= 0.6 is 0 Å². The van der Waals surface area contributed by atoms with Gasteiger partial charge < -0.3 is 14.5 Å². The van der Waals surface area contributed by atoms with Crippen molar-refractivity contribution in [3.05, 3.63) is 60.3 Å². The topological polar surface area (TPSA) is 128 Å². The van der Waals surface area contributed by atoms with Crippen LogP contribution in [0, 0.1) is 11.8 Å². The monoisotopic (exact) mass is 597 g/mol. The summed E-state index contributed by atoms with van der Waals surface area (Å²) in [7, 11) is -3.86. The highest BCUT2D eigenvalue weighted by molar-refractivity contribution is 7.90. The predicted octanol–water partition coefficient (Wildman–Crippen LogP) is 5.65. The summed E-state index contributed by atoms with van der Waals surface area (Å²) in [5, 5.41) is 2.99. The number of nitrogens with one attached hydrogen (secondary N) is 2. The Kier molecular flexibility index (Phi) is 10.5. The lowest BCUT2D eigenvalue weighted by Gasteiger charge is -2.24. The van der Waals surface area contributed by atoms with Crippen molar-refractivity contribution in [2.24, 2.45) is 11.8 Å². The minimum atomic E-state index is -3.86. The van der Waals surface area contributed by atoms with Crippen LogP contribution in [0.25, 0.3) is 0 Å². The first-order chi connectivity index (χ1) is 20.4. The number of sulfonamides is 1. The minimum absolute atomic E-state index is 0.0234. The molecule has 0 spiro atoms. The van der Waals surface area contributed by atoms with Crippen LogP contribution in [0.4, 0.5) is 0 Å². The molecule has 2 saturated heterocycles. The molecule has 1 saturated carbocycles. The Balaban J connectivity index is 1.06. The van der Waals surface area contributed by atoms with E-state index in [1.165, 1.54) is 56.9 Å². The number of allylic oxidation sites excluding steroid dienone is 2. The zero-order valence-electron chi connectivity index (χ0n) is 24.2. The molecule has 0 radical (unpaired) electrons. The van der Waals surface area contributed by atoms with Crippen molar-refractivity contribution >= 4 is 21.8 Å². The number of aromatic nitrogens is 1. The number of rotatable bonds is 14. The second-order valence-corrected chi connectivity index (χ2v) is 13.6. The quantitative estimate of drug-likeness (QED) is 0.213. The van der Waals surface area contributed by atoms with E-state index in [4.69, 9.17) is 9.15 Å². The third-order valence-electron chi connectivity index (χ3n) is 8.93. The van der Waals surface area contributed by atoms with Crippen molar-refractivity contribution in [2.75, 3.05) is 6.54 Å². The standard InChI is InChI=1S/C32H43N3O6S/c36-29(35-42(38,39)24-15-6-2-7-16-24)18-9-3-8-17-25-27-19-20-28(41-27)30(25)32-34-26(22-40-32)31(37)33-21-11-10-14-23-12-4-1-5-13-23/h2-3,6-8,15-16,22-23,25,27-28,30H,1,4-5,9-14,17-21H2,(H,33,37)(H,35,36)/b8-3-/t25-,27-,28+,30-/m1/s1. The minimum Gasteiger partial charge on any atom is -0.448 e. The van der Waals surface area contributed by atoms with E-state index >= 15 is 0 Å². The third-order valence-corrected chi connectivity index (χ3v) is 10.3. The summed E-state index contributed by atoms with van der Waals surface area (Å²) >= 11 is 0. The zero-order valence-corrected chi connectivity index (χ0v) is 25.0. The number of hydrogen-bond acceptors (Lipinski definition) is 7. The van der Waals surface area contributed by atoms with Crippen molar-refractivity contribution < 1.29 is 27.2 Å². The molecule has 4 atom stereocenters. The molecule has 5 rings (SSSR count). The molecule has 2 aliphatic heterocycles. The molecule has 42 heavy (non-hydrogen) atoms. The van der Waals surface area contributed by atoms with Gasteiger partial charge in [0.1, 0.15) is 6.26 Å². The molecule has 1 aromatic carbocycles. The summed E-state index contributed by atoms with van der Waals surface area (Å²) in [6.07, 6.45) is 18.8. The van der Waals surface area contributed by atoms with Gasteiger partial charge in [0.15, 0.2) is 5.69 Å². The summed E-state index contributed by atoms with van der Waals surface area (Å²) in [5.41, 5.74) is 0.311. The lowest BCUT2D eigenvalue weighted by molar-refractivity contribution is -0.119. The van der Waals surface area contributed by atoms with Crippen molar-refractivity contribution in [3.8, 4) is 0 Å². The second-order valence-electron chi connectivity index (χ2n) is 11.9. The molecule has 2 bridgehead atoms. The Morgan fingerprint density at radius 1 is 0.976 bits per heavy atom. The van der Waals surface area contributed by atoms with Gasteiger partial charge in [0.25, 0.3) is 15.9 Å². The van der Waals surface area contributed by atoms with Crippen LogP contribution in [-0.4, -0.2) is 44.0 Å². The fourth-order valence-corrected chi connectivity index (χ4v) is 7.77. The summed E-state index contributed by atoms with van der Waals surface area (Å²) in [5.74, 6) is 0.817. The molecule has 9 nitrogen and oxygen atoms in total. The van der Waals surface area contributed by atoms with Gasteiger partial charge in [0, 0.05) is 18.9 Å². The first-order valence-electron chi connectivity index (χ1n) is 15.6. The number of hydrogen-bond donors (Lipinski definition) is 2. The Hall–Kier alpha value is -2.98. The van der Waals surface area contributed by atoms with E-state index in [0.717, 1.165) is 38.0 Å². The van der Waals surface area contributed by atoms with E-state index < -0.39 is 15.9 Å². The maximum Gasteiger partial charge on any atom is 0.273 e. The van der Waals surface area contributed by atoms with Crippen molar-refractivity contribution in [2.45, 2.75) is 106 Å². The molecule has 2 aromatic rings. The van der Waals surface area contributed by atoms with E-state index in [1.807, 2.05) is 12.2 Å². The number of carbonyl (C=O) groups is 2. The Morgan fingerprint density at radius 3 is 2.57 bits per heavy atom. The lowest BCUT2D eigenvalue weighted by atomic mass is 9.77. The SMILES string of the molecule is O=C(CC/C=C\C[C@H]1[C@@H](c2nc(C(=O)NCCCCC3CCCCC3)co2)[C@@H]2CC[C@H]1O2)NS(=O)(=O)c1ccccc1. The molecule has 2 N–H and O–H groups in total. The summed E-state index contributed by atoms with van der Waals surface area (Å²) in [6.45, 7) is 0.647. The van der Waals surface area contributed by atoms with E-state index in [0.29, 0.717) is 24.6 Å². The molecule has 3 heterocycles. The van der Waals surface area contributed by atoms with Crippen molar-refractivity contribution in [1.29, 1.82) is 0 Å². The van der Waals surface area contributed by atoms with E-state index in [1.54, 1.807) is 18.2 Å². The van der Waals surface area contributed by atoms with Crippen molar-refractivity contribution in [3.63, 3.8) is 0 Å². The Morgan fingerprint density at radius 2 is 1.76 bits per heavy atom. The third kappa shape index (κ3) is 7.89. The summed E-state index contributed by atoms with van der Waals surface area (Å²) < 4.78 is 38.8. The number of fused-ring (bicyclic) bond motifs is 2. The number of benzene rings is 1. The van der Waals surface area contributed by atoms with Crippen LogP contribution in [0.2, 0.25) is 0 Å². The number of amides is 2. The van der Waals surface area contributed by atoms with Crippen LogP contribution in [0.1, 0.15) is 106 Å². The first kappa shape index (κ1) is 30.5. The molecule has 2 amide bonds. The first-order valence-corrected chi connectivity index (χ1v) is 17.0. The maximum absolute atomic E-state index is 12.7. The Bertz CT molecular complexity index is 1320. The lowest BCUT2D eigenvalue weighted by Crippen LogP contribution is -2.30. The average Bonchev–Trinajstić information content (AvgIpc) is 3.75. The van der Waals surface area contributed by atoms with E-state index in [-0.39, 0.29) is 41.3 Å². The number of carbonyl (C=O) groups excluding carboxylic acids is 2. The molecular weight excluding hydrogens is 554 g/mol. The van der Waals surface area contributed by atoms with Crippen LogP contribution < -0.4 is 10.0 Å². The number of oxazole rings is 1. The van der Waals surface area contributed by atoms with Gasteiger partial charge >= 0.3 is 0 Å². The molecule has 3 fully saturated rings. The Labute approximate surface area is 248 Å². The largest absolute Gasteiger partial charge is 0.448 e. The number of nitrogens with zero attached hydrogens (tertiary/aromatic N) is 1. The van der Waals surface area contributed by atoms with Gasteiger partial charge in [0.05, 0.1) is 23.0 Å². The fourth-order valence-electron chi connectivity index (χ4n) is 6.73. The predicted molar refractivity (Wildman–Crippen MR) is 158 cm³/mol.